The summed E-state index contributed by atoms with van der Waals surface area (Å²) in [6, 6.07) is 9.45. The number of amides is 2. The Bertz CT molecular complexity index is 776. The van der Waals surface area contributed by atoms with Gasteiger partial charge in [-0.15, -0.1) is 10.2 Å². The van der Waals surface area contributed by atoms with Gasteiger partial charge in [-0.05, 0) is 12.0 Å². The largest absolute Gasteiger partial charge is 0.387 e. The first kappa shape index (κ1) is 19.6. The van der Waals surface area contributed by atoms with Gasteiger partial charge in [0.05, 0.1) is 12.1 Å². The lowest BCUT2D eigenvalue weighted by Crippen LogP contribution is -2.46. The molecule has 2 N–H and O–H groups in total. The van der Waals surface area contributed by atoms with E-state index in [1.54, 1.807) is 7.05 Å². The van der Waals surface area contributed by atoms with Crippen LogP contribution < -0.4 is 5.32 Å². The fourth-order valence-electron chi connectivity index (χ4n) is 3.12. The number of likely N-dealkylation sites (tertiary alicyclic amines) is 1. The summed E-state index contributed by atoms with van der Waals surface area (Å²) in [6.45, 7) is 2.05. The highest BCUT2D eigenvalue weighted by Crippen LogP contribution is 2.26. The highest BCUT2D eigenvalue weighted by Gasteiger charge is 2.37. The Balaban J connectivity index is 1.51. The van der Waals surface area contributed by atoms with Crippen molar-refractivity contribution in [1.29, 1.82) is 0 Å². The average Bonchev–Trinajstić information content (AvgIpc) is 3.23. The Morgan fingerprint density at radius 1 is 1.41 bits per heavy atom. The van der Waals surface area contributed by atoms with Crippen molar-refractivity contribution in [2.75, 3.05) is 32.0 Å². The molecule has 2 aromatic rings. The molecular formula is C17H21F2N5O2S. The number of nitrogens with one attached hydrogen (secondary N) is 1. The summed E-state index contributed by atoms with van der Waals surface area (Å²) < 4.78 is 25.1. The Morgan fingerprint density at radius 3 is 2.81 bits per heavy atom. The van der Waals surface area contributed by atoms with Gasteiger partial charge >= 0.3 is 6.03 Å². The molecule has 1 unspecified atom stereocenters. The maximum Gasteiger partial charge on any atom is 0.323 e. The average molecular weight is 397 g/mol. The molecular weight excluding hydrogens is 376 g/mol. The summed E-state index contributed by atoms with van der Waals surface area (Å²) in [7, 11) is 1.54. The SMILES string of the molecule is CN(CC1(O)CCN(Cc2ccccc2)C1)C(=O)Nc1nnc(C(F)F)s1. The molecule has 0 saturated carbocycles. The van der Waals surface area contributed by atoms with Gasteiger partial charge in [-0.3, -0.25) is 10.2 Å². The highest BCUT2D eigenvalue weighted by atomic mass is 32.1. The van der Waals surface area contributed by atoms with Crippen LogP contribution in [0.25, 0.3) is 0 Å². The first-order valence-corrected chi connectivity index (χ1v) is 9.29. The first-order chi connectivity index (χ1) is 12.8. The minimum absolute atomic E-state index is 0.00580. The monoisotopic (exact) mass is 397 g/mol. The number of rotatable bonds is 6. The maximum atomic E-state index is 12.5. The van der Waals surface area contributed by atoms with Crippen LogP contribution in [0.15, 0.2) is 30.3 Å². The molecule has 2 amide bonds. The van der Waals surface area contributed by atoms with Gasteiger partial charge in [0.2, 0.25) is 5.13 Å². The standard InChI is InChI=1S/C17H21F2N5O2S/c1-23(16(25)20-15-22-21-14(27-15)13(18)19)10-17(26)7-8-24(11-17)9-12-5-3-2-4-6-12/h2-6,13,26H,7-11H2,1H3,(H,20,22,25). The zero-order valence-electron chi connectivity index (χ0n) is 14.8. The van der Waals surface area contributed by atoms with Gasteiger partial charge in [-0.25, -0.2) is 13.6 Å². The van der Waals surface area contributed by atoms with E-state index >= 15 is 0 Å². The van der Waals surface area contributed by atoms with Gasteiger partial charge in [0, 0.05) is 26.7 Å². The van der Waals surface area contributed by atoms with Crippen molar-refractivity contribution in [1.82, 2.24) is 20.0 Å². The molecule has 1 aliphatic rings. The number of halogens is 2. The summed E-state index contributed by atoms with van der Waals surface area (Å²) in [6.07, 6.45) is -2.17. The Morgan fingerprint density at radius 2 is 2.15 bits per heavy atom. The second-order valence-corrected chi connectivity index (χ2v) is 7.71. The summed E-state index contributed by atoms with van der Waals surface area (Å²) in [4.78, 5) is 15.7. The van der Waals surface area contributed by atoms with Crippen molar-refractivity contribution in [3.05, 3.63) is 40.9 Å². The molecule has 1 atom stereocenters. The zero-order chi connectivity index (χ0) is 19.4. The van der Waals surface area contributed by atoms with E-state index in [4.69, 9.17) is 0 Å². The predicted molar refractivity (Wildman–Crippen MR) is 97.8 cm³/mol. The molecule has 0 radical (unpaired) electrons. The van der Waals surface area contributed by atoms with Crippen LogP contribution in [0.2, 0.25) is 0 Å². The Kier molecular flexibility index (Phi) is 5.98. The smallest absolute Gasteiger partial charge is 0.323 e. The van der Waals surface area contributed by atoms with E-state index in [2.05, 4.69) is 20.4 Å². The summed E-state index contributed by atoms with van der Waals surface area (Å²) in [5, 5.41) is 19.7. The number of nitrogens with zero attached hydrogens (tertiary/aromatic N) is 4. The summed E-state index contributed by atoms with van der Waals surface area (Å²) in [5.74, 6) is 0. The lowest BCUT2D eigenvalue weighted by Gasteiger charge is -2.29. The lowest BCUT2D eigenvalue weighted by atomic mass is 10.0. The van der Waals surface area contributed by atoms with Crippen LogP contribution in [-0.2, 0) is 6.54 Å². The number of aromatic nitrogens is 2. The van der Waals surface area contributed by atoms with E-state index < -0.39 is 23.1 Å². The fourth-order valence-corrected chi connectivity index (χ4v) is 3.71. The number of likely N-dealkylation sites (N-methyl/N-ethyl adjacent to an activating group) is 1. The van der Waals surface area contributed by atoms with Gasteiger partial charge in [-0.1, -0.05) is 41.7 Å². The number of urea groups is 1. The minimum atomic E-state index is -2.72. The van der Waals surface area contributed by atoms with Crippen LogP contribution in [-0.4, -0.2) is 63.4 Å². The molecule has 1 aromatic carbocycles. The third-order valence-electron chi connectivity index (χ3n) is 4.38. The van der Waals surface area contributed by atoms with E-state index in [-0.39, 0.29) is 11.7 Å². The number of carbonyl (C=O) groups excluding carboxylic acids is 1. The van der Waals surface area contributed by atoms with E-state index in [1.165, 1.54) is 10.5 Å². The topological polar surface area (TPSA) is 81.6 Å². The third kappa shape index (κ3) is 5.18. The normalized spacial score (nSPS) is 20.2. The van der Waals surface area contributed by atoms with Crippen molar-refractivity contribution in [3.8, 4) is 0 Å². The van der Waals surface area contributed by atoms with Crippen LogP contribution in [0, 0.1) is 0 Å². The summed E-state index contributed by atoms with van der Waals surface area (Å²) in [5.41, 5.74) is 0.148. The molecule has 27 heavy (non-hydrogen) atoms. The van der Waals surface area contributed by atoms with E-state index in [9.17, 15) is 18.7 Å². The van der Waals surface area contributed by atoms with Crippen LogP contribution in [0.3, 0.4) is 0 Å². The van der Waals surface area contributed by atoms with Crippen molar-refractivity contribution in [3.63, 3.8) is 0 Å². The fraction of sp³-hybridized carbons (Fsp3) is 0.471. The second-order valence-electron chi connectivity index (χ2n) is 6.70. The molecule has 0 aliphatic carbocycles. The third-order valence-corrected chi connectivity index (χ3v) is 5.23. The van der Waals surface area contributed by atoms with E-state index in [0.29, 0.717) is 24.3 Å². The number of carbonyl (C=O) groups is 1. The van der Waals surface area contributed by atoms with Gasteiger partial charge in [-0.2, -0.15) is 0 Å². The van der Waals surface area contributed by atoms with Crippen LogP contribution in [0.4, 0.5) is 18.7 Å². The molecule has 146 valence electrons. The lowest BCUT2D eigenvalue weighted by molar-refractivity contribution is 0.0275. The number of anilines is 1. The Hall–Kier alpha value is -2.17. The van der Waals surface area contributed by atoms with Crippen LogP contribution >= 0.6 is 11.3 Å². The molecule has 1 aromatic heterocycles. The van der Waals surface area contributed by atoms with Gasteiger partial charge < -0.3 is 10.0 Å². The Labute approximate surface area is 159 Å². The van der Waals surface area contributed by atoms with Crippen molar-refractivity contribution in [2.24, 2.45) is 0 Å². The molecule has 1 fully saturated rings. The van der Waals surface area contributed by atoms with Gasteiger partial charge in [0.1, 0.15) is 0 Å². The van der Waals surface area contributed by atoms with Crippen LogP contribution in [0.1, 0.15) is 23.4 Å². The van der Waals surface area contributed by atoms with Gasteiger partial charge in [0.25, 0.3) is 6.43 Å². The van der Waals surface area contributed by atoms with Gasteiger partial charge in [0.15, 0.2) is 5.01 Å². The predicted octanol–water partition coefficient (Wildman–Crippen LogP) is 2.58. The molecule has 2 heterocycles. The zero-order valence-corrected chi connectivity index (χ0v) is 15.6. The number of aliphatic hydroxyl groups is 1. The number of β-amino-alcohol motifs (C(OH)–C–C–N with tert-alkyl or cyclic N) is 1. The molecule has 0 bridgehead atoms. The molecule has 7 nitrogen and oxygen atoms in total. The molecule has 1 aliphatic heterocycles. The van der Waals surface area contributed by atoms with E-state index in [1.807, 2.05) is 30.3 Å². The minimum Gasteiger partial charge on any atom is -0.387 e. The number of alkyl halides is 2. The number of hydrogen-bond acceptors (Lipinski definition) is 6. The summed E-state index contributed by atoms with van der Waals surface area (Å²) >= 11 is 0.629. The molecule has 3 rings (SSSR count). The first-order valence-electron chi connectivity index (χ1n) is 8.47. The van der Waals surface area contributed by atoms with Crippen molar-refractivity contribution >= 4 is 22.5 Å². The highest BCUT2D eigenvalue weighted by molar-refractivity contribution is 7.15. The number of hydrogen-bond donors (Lipinski definition) is 2. The second kappa shape index (κ2) is 8.24. The molecule has 0 spiro atoms. The quantitative estimate of drug-likeness (QED) is 0.783. The number of benzene rings is 1. The maximum absolute atomic E-state index is 12.5. The van der Waals surface area contributed by atoms with E-state index in [0.717, 1.165) is 13.1 Å². The molecule has 10 heteroatoms. The molecule has 1 saturated heterocycles. The van der Waals surface area contributed by atoms with Crippen LogP contribution in [0.5, 0.6) is 0 Å². The van der Waals surface area contributed by atoms with Crippen molar-refractivity contribution in [2.45, 2.75) is 25.0 Å². The van der Waals surface area contributed by atoms with Crippen molar-refractivity contribution < 1.29 is 18.7 Å².